The molecule has 3 aliphatic heterocycles. The van der Waals surface area contributed by atoms with Crippen LogP contribution >= 0.6 is 81.2 Å². The Morgan fingerprint density at radius 3 is 0.969 bits per heavy atom. The summed E-state index contributed by atoms with van der Waals surface area (Å²) in [5.41, 5.74) is 14.4. The van der Waals surface area contributed by atoms with Crippen LogP contribution < -0.4 is 70.1 Å². The van der Waals surface area contributed by atoms with Crippen LogP contribution in [0.1, 0.15) is 72.3 Å². The summed E-state index contributed by atoms with van der Waals surface area (Å²) in [6, 6.07) is 15.5. The zero-order chi connectivity index (χ0) is 93.7. The normalized spacial score (nSPS) is 13.4. The van der Waals surface area contributed by atoms with Gasteiger partial charge in [0.1, 0.15) is 57.7 Å². The highest BCUT2D eigenvalue weighted by molar-refractivity contribution is 6.66. The molecule has 0 radical (unpaired) electrons. The van der Waals surface area contributed by atoms with Gasteiger partial charge in [0, 0.05) is 196 Å². The molecule has 0 unspecified atom stereocenters. The second-order valence-electron chi connectivity index (χ2n) is 28.2. The number of piperazine rings is 3. The molecule has 128 heavy (non-hydrogen) atoms. The molecule has 41 heteroatoms. The minimum atomic E-state index is -0.771. The average molecular weight is 1900 g/mol. The molecule has 31 nitrogen and oxygen atoms in total. The summed E-state index contributed by atoms with van der Waals surface area (Å²) < 4.78 is 77.1. The van der Waals surface area contributed by atoms with Crippen LogP contribution in [-0.2, 0) is 24.0 Å². The van der Waals surface area contributed by atoms with E-state index in [0.29, 0.717) is 117 Å². The van der Waals surface area contributed by atoms with E-state index in [9.17, 15) is 34.1 Å². The molecule has 0 spiro atoms. The van der Waals surface area contributed by atoms with E-state index >= 15 is 13.2 Å². The highest BCUT2D eigenvalue weighted by Gasteiger charge is 2.30. The summed E-state index contributed by atoms with van der Waals surface area (Å²) in [4.78, 5) is 106. The number of hydrogen-bond donors (Lipinski definition) is 5. The van der Waals surface area contributed by atoms with Crippen LogP contribution in [-0.4, -0.2) is 200 Å². The van der Waals surface area contributed by atoms with Gasteiger partial charge in [0.05, 0.1) is 117 Å². The molecule has 12 rings (SSSR count). The summed E-state index contributed by atoms with van der Waals surface area (Å²) in [5, 5.41) is 23.5. The fourth-order valence-corrected chi connectivity index (χ4v) is 15.4. The molecule has 0 bridgehead atoms. The van der Waals surface area contributed by atoms with Gasteiger partial charge in [-0.25, -0.2) is 43.1 Å². The monoisotopic (exact) mass is 1900 g/mol. The molecule has 4 amide bonds. The Morgan fingerprint density at radius 1 is 0.438 bits per heavy atom. The predicted molar refractivity (Wildman–Crippen MR) is 502 cm³/mol. The smallest absolute Gasteiger partial charge is 0.295 e. The van der Waals surface area contributed by atoms with Crippen LogP contribution in [0.4, 0.5) is 82.2 Å². The van der Waals surface area contributed by atoms with Crippen molar-refractivity contribution in [2.45, 2.75) is 41.5 Å². The number of ether oxygens (including phenoxy) is 6. The number of aryl methyl sites for hydroxylation is 3. The number of hydrogen-bond acceptors (Lipinski definition) is 26. The van der Waals surface area contributed by atoms with Crippen molar-refractivity contribution in [1.29, 1.82) is 0 Å². The van der Waals surface area contributed by atoms with Crippen LogP contribution in [0.3, 0.4) is 0 Å². The Kier molecular flexibility index (Phi) is 35.4. The molecular weight excluding hydrogens is 1810 g/mol. The lowest BCUT2D eigenvalue weighted by molar-refractivity contribution is -0.383. The highest BCUT2D eigenvalue weighted by atomic mass is 35.5. The molecule has 3 aliphatic rings. The number of nitrogens with zero attached hydrogens (tertiary/aromatic N) is 13. The number of halogens is 10. The molecule has 3 saturated heterocycles. The number of methoxy groups -OCH3 is 6. The van der Waals surface area contributed by atoms with Crippen LogP contribution in [0.15, 0.2) is 117 Å². The molecule has 6 N–H and O–H groups in total. The molecule has 3 fully saturated rings. The zero-order valence-electron chi connectivity index (χ0n) is 71.4. The number of allylic oxidation sites excluding steroid dienone is 1. The molecule has 6 heterocycles. The topological polar surface area (TPSA) is 355 Å². The molecule has 678 valence electrons. The Balaban J connectivity index is 0.000000232. The molecule has 0 saturated carbocycles. The van der Waals surface area contributed by atoms with Crippen molar-refractivity contribution in [3.05, 3.63) is 207 Å². The maximum absolute atomic E-state index is 15.4. The first-order valence-corrected chi connectivity index (χ1v) is 41.4. The average Bonchev–Trinajstić information content (AvgIpc) is 0.791. The van der Waals surface area contributed by atoms with E-state index in [-0.39, 0.29) is 135 Å². The molecular formula is C87H92Cl7F3N18O13. The Bertz CT molecular complexity index is 5650. The summed E-state index contributed by atoms with van der Waals surface area (Å²) in [6.07, 6.45) is 14.2. The minimum Gasteiger partial charge on any atom is -0.495 e. The number of nitrogens with one attached hydrogen (secondary N) is 4. The zero-order valence-corrected chi connectivity index (χ0v) is 76.7. The SMILES string of the molecule is C=CC(=O)Cl.C=CC(=O)Nc1cc(N2CCN(C(C)=O)CC2)cc(C)c1Nc1ncc(/C=C(\F)c2c(Cl)c(OC)cc(OC)c2Cl)cn1.COc1cc(OC)c(Cl)c(/C(F)=C/c2cnc(Nc3c(C)cc(N4CCN(C(C)=O)CC4)cc3N)nc2)c1Cl.COc1cc(OC)c(Cl)c(/C(F)=C/c2cnc(Nc3c(C)cc(N4CCN(C(C)=O)CC4)cc3[N+](=O)[O-])nc2)c1Cl.[HH]. The fourth-order valence-electron chi connectivity index (χ4n) is 13.3. The van der Waals surface area contributed by atoms with E-state index in [1.54, 1.807) is 30.6 Å². The van der Waals surface area contributed by atoms with E-state index in [0.717, 1.165) is 47.7 Å². The van der Waals surface area contributed by atoms with Gasteiger partial charge in [0.15, 0.2) is 0 Å². The predicted octanol–water partition coefficient (Wildman–Crippen LogP) is 18.8. The quantitative estimate of drug-likeness (QED) is 0.0117. The maximum Gasteiger partial charge on any atom is 0.295 e. The molecule has 0 aliphatic carbocycles. The maximum atomic E-state index is 15.4. The third-order valence-corrected chi connectivity index (χ3v) is 22.5. The number of nitro groups is 1. The molecule has 6 aromatic carbocycles. The summed E-state index contributed by atoms with van der Waals surface area (Å²) in [7, 11) is 8.40. The van der Waals surface area contributed by atoms with Crippen LogP contribution in [0, 0.1) is 30.9 Å². The largest absolute Gasteiger partial charge is 0.495 e. The summed E-state index contributed by atoms with van der Waals surface area (Å²) in [6.45, 7) is 24.5. The van der Waals surface area contributed by atoms with Crippen molar-refractivity contribution in [3.8, 4) is 34.5 Å². The summed E-state index contributed by atoms with van der Waals surface area (Å²) in [5.74, 6) is -0.631. The van der Waals surface area contributed by atoms with E-state index in [1.165, 1.54) is 129 Å². The first kappa shape index (κ1) is 99.2. The van der Waals surface area contributed by atoms with Gasteiger partial charge in [-0.3, -0.25) is 34.1 Å². The lowest BCUT2D eigenvalue weighted by atomic mass is 10.1. The standard InChI is InChI=1S/C30H31Cl2FN6O4.C27H27Cl2FN6O5.C27H29Cl2FN6O3.C3H3ClO.H2/c1-6-25(41)36-22-13-20(39-9-7-38(8-10-39)18(3)40)11-17(2)29(22)37-30-34-15-19(16-35-30)12-21(33)26-27(31)23(42-4)14-24(43-5)28(26)32;1-15-9-18(35-7-5-34(6-8-35)16(2)37)11-20(36(38)39)26(15)33-27-31-13-17(14-32-27)10-19(30)23-24(28)21(40-3)12-22(41-4)25(23)29;1-15-9-18(36-7-5-35(6-8-36)16(2)37)11-20(31)26(15)34-27-32-13-17(14-33-27)10-19(30)23-24(28)21(38-3)12-22(39-4)25(23)29;1-2-3(4)5;/h6,11-16H,1,7-10H2,2-5H3,(H,36,41)(H,34,35,37);9-14H,5-8H2,1-4H3,(H,31,32,33);9-14H,5-8,31H2,1-4H3,(H,32,33,34);2H,1H2;1H/b21-12-;2*19-10-;;. The minimum absolute atomic E-state index is 0. The van der Waals surface area contributed by atoms with Gasteiger partial charge in [-0.1, -0.05) is 82.8 Å². The van der Waals surface area contributed by atoms with Crippen molar-refractivity contribution in [1.82, 2.24) is 44.6 Å². The Morgan fingerprint density at radius 2 is 0.703 bits per heavy atom. The number of rotatable bonds is 25. The van der Waals surface area contributed by atoms with E-state index in [2.05, 4.69) is 74.1 Å². The van der Waals surface area contributed by atoms with Crippen molar-refractivity contribution >= 4 is 215 Å². The van der Waals surface area contributed by atoms with Gasteiger partial charge in [-0.15, -0.1) is 0 Å². The Labute approximate surface area is 772 Å². The summed E-state index contributed by atoms with van der Waals surface area (Å²) >= 11 is 42.6. The van der Waals surface area contributed by atoms with E-state index < -0.39 is 27.6 Å². The number of carbonyl (C=O) groups is 5. The number of benzene rings is 6. The van der Waals surface area contributed by atoms with Crippen molar-refractivity contribution in [3.63, 3.8) is 0 Å². The van der Waals surface area contributed by atoms with Crippen molar-refractivity contribution in [2.24, 2.45) is 0 Å². The van der Waals surface area contributed by atoms with Gasteiger partial charge in [-0.2, -0.15) is 0 Å². The van der Waals surface area contributed by atoms with Crippen molar-refractivity contribution < 1.29 is 71.9 Å². The fraction of sp³-hybridized carbons (Fsp3) is 0.276. The van der Waals surface area contributed by atoms with Gasteiger partial charge in [0.2, 0.25) is 46.7 Å². The van der Waals surface area contributed by atoms with Crippen LogP contribution in [0.2, 0.25) is 30.1 Å². The van der Waals surface area contributed by atoms with E-state index in [1.807, 2.05) is 54.0 Å². The first-order valence-electron chi connectivity index (χ1n) is 38.8. The van der Waals surface area contributed by atoms with Gasteiger partial charge >= 0.3 is 0 Å². The second-order valence-corrected chi connectivity index (χ2v) is 30.9. The number of amides is 4. The van der Waals surface area contributed by atoms with Crippen molar-refractivity contribution in [2.75, 3.05) is 163 Å². The molecule has 3 aromatic heterocycles. The number of aromatic nitrogens is 6. The lowest BCUT2D eigenvalue weighted by Gasteiger charge is -2.36. The van der Waals surface area contributed by atoms with Crippen LogP contribution in [0.5, 0.6) is 34.5 Å². The molecule has 0 atom stereocenters. The lowest BCUT2D eigenvalue weighted by Crippen LogP contribution is -2.48. The molecule has 9 aromatic rings. The number of nitro benzene ring substituents is 1. The second kappa shape index (κ2) is 45.7. The highest BCUT2D eigenvalue weighted by Crippen LogP contribution is 2.49. The van der Waals surface area contributed by atoms with E-state index in [4.69, 9.17) is 115 Å². The third kappa shape index (κ3) is 25.0. The number of carbonyl (C=O) groups excluding carboxylic acids is 5. The number of nitrogens with two attached hydrogens (primary N) is 1. The van der Waals surface area contributed by atoms with Gasteiger partial charge < -0.3 is 84.8 Å². The van der Waals surface area contributed by atoms with Gasteiger partial charge in [-0.05, 0) is 110 Å². The Hall–Kier alpha value is -12.6. The first-order chi connectivity index (χ1) is 61.0. The van der Waals surface area contributed by atoms with Gasteiger partial charge in [0.25, 0.3) is 5.69 Å². The van der Waals surface area contributed by atoms with Crippen LogP contribution in [0.25, 0.3) is 35.7 Å². The number of nitrogen functional groups attached to an aromatic ring is 1. The third-order valence-electron chi connectivity index (χ3n) is 20.1. The number of anilines is 11.